The molecular formula is C23H23ClN2O. The maximum atomic E-state index is 12.1. The SMILES string of the molecule is CC1(C(=O)NCc2cc3cc(Cl)c([C@@H]4C[C@H]4c4ccccc4)cc3[nH]2)CC1. The van der Waals surface area contributed by atoms with E-state index < -0.39 is 0 Å². The van der Waals surface area contributed by atoms with E-state index in [1.165, 1.54) is 11.1 Å². The van der Waals surface area contributed by atoms with Crippen molar-refractivity contribution in [2.24, 2.45) is 5.41 Å². The summed E-state index contributed by atoms with van der Waals surface area (Å²) in [6.45, 7) is 2.56. The lowest BCUT2D eigenvalue weighted by Crippen LogP contribution is -2.29. The average molecular weight is 379 g/mol. The number of aromatic nitrogens is 1. The van der Waals surface area contributed by atoms with Gasteiger partial charge in [0.05, 0.1) is 6.54 Å². The van der Waals surface area contributed by atoms with E-state index in [1.807, 2.05) is 6.92 Å². The Kier molecular flexibility index (Phi) is 3.83. The number of nitrogens with one attached hydrogen (secondary N) is 2. The molecule has 3 aromatic rings. The highest BCUT2D eigenvalue weighted by Gasteiger charge is 2.44. The summed E-state index contributed by atoms with van der Waals surface area (Å²) in [6.07, 6.45) is 3.14. The predicted molar refractivity (Wildman–Crippen MR) is 109 cm³/mol. The zero-order valence-corrected chi connectivity index (χ0v) is 16.1. The topological polar surface area (TPSA) is 44.9 Å². The minimum absolute atomic E-state index is 0.138. The fourth-order valence-corrected chi connectivity index (χ4v) is 4.33. The lowest BCUT2D eigenvalue weighted by Gasteiger charge is -2.08. The predicted octanol–water partition coefficient (Wildman–Crippen LogP) is 5.51. The van der Waals surface area contributed by atoms with Crippen LogP contribution in [0.15, 0.2) is 48.5 Å². The minimum Gasteiger partial charge on any atom is -0.357 e. The summed E-state index contributed by atoms with van der Waals surface area (Å²) in [5, 5.41) is 4.99. The Morgan fingerprint density at radius 2 is 1.96 bits per heavy atom. The molecule has 2 saturated carbocycles. The normalized spacial score (nSPS) is 22.6. The van der Waals surface area contributed by atoms with Crippen molar-refractivity contribution in [3.8, 4) is 0 Å². The van der Waals surface area contributed by atoms with Gasteiger partial charge in [-0.05, 0) is 60.4 Å². The van der Waals surface area contributed by atoms with Gasteiger partial charge in [0, 0.05) is 27.0 Å². The summed E-state index contributed by atoms with van der Waals surface area (Å²) in [7, 11) is 0. The van der Waals surface area contributed by atoms with Crippen molar-refractivity contribution in [1.29, 1.82) is 0 Å². The number of carbonyl (C=O) groups excluding carboxylic acids is 1. The summed E-state index contributed by atoms with van der Waals surface area (Å²) in [6, 6.07) is 17.0. The molecule has 3 nitrogen and oxygen atoms in total. The molecule has 0 spiro atoms. The molecule has 5 rings (SSSR count). The first-order valence-corrected chi connectivity index (χ1v) is 10.1. The Bertz CT molecular complexity index is 1020. The van der Waals surface area contributed by atoms with Gasteiger partial charge >= 0.3 is 0 Å². The third-order valence-corrected chi connectivity index (χ3v) is 6.53. The van der Waals surface area contributed by atoms with Crippen LogP contribution in [0, 0.1) is 5.41 Å². The Morgan fingerprint density at radius 3 is 2.70 bits per heavy atom. The summed E-state index contributed by atoms with van der Waals surface area (Å²) >= 11 is 6.61. The number of rotatable bonds is 5. The van der Waals surface area contributed by atoms with Crippen LogP contribution in [-0.2, 0) is 11.3 Å². The maximum absolute atomic E-state index is 12.1. The molecule has 2 aliphatic rings. The molecule has 4 heteroatoms. The number of H-pyrrole nitrogens is 1. The fraction of sp³-hybridized carbons (Fsp3) is 0.348. The van der Waals surface area contributed by atoms with Crippen molar-refractivity contribution < 1.29 is 4.79 Å². The van der Waals surface area contributed by atoms with Gasteiger partial charge in [0.1, 0.15) is 0 Å². The van der Waals surface area contributed by atoms with Crippen molar-refractivity contribution in [3.63, 3.8) is 0 Å². The van der Waals surface area contributed by atoms with E-state index in [0.717, 1.165) is 40.9 Å². The zero-order chi connectivity index (χ0) is 18.6. The van der Waals surface area contributed by atoms with Crippen LogP contribution in [0.4, 0.5) is 0 Å². The molecule has 0 radical (unpaired) electrons. The molecule has 1 amide bonds. The first kappa shape index (κ1) is 16.9. The van der Waals surface area contributed by atoms with Gasteiger partial charge in [-0.3, -0.25) is 4.79 Å². The zero-order valence-electron chi connectivity index (χ0n) is 15.4. The van der Waals surface area contributed by atoms with Gasteiger partial charge < -0.3 is 10.3 Å². The fourth-order valence-electron chi connectivity index (χ4n) is 4.02. The molecule has 1 heterocycles. The number of amides is 1. The summed E-state index contributed by atoms with van der Waals surface area (Å²) in [5.74, 6) is 1.21. The van der Waals surface area contributed by atoms with Gasteiger partial charge in [-0.25, -0.2) is 0 Å². The summed E-state index contributed by atoms with van der Waals surface area (Å²) in [5.41, 5.74) is 4.59. The van der Waals surface area contributed by atoms with E-state index in [9.17, 15) is 4.79 Å². The third kappa shape index (κ3) is 3.14. The van der Waals surface area contributed by atoms with Crippen LogP contribution in [0.5, 0.6) is 0 Å². The number of aromatic amines is 1. The Labute approximate surface area is 164 Å². The van der Waals surface area contributed by atoms with E-state index in [1.54, 1.807) is 0 Å². The Morgan fingerprint density at radius 1 is 1.19 bits per heavy atom. The first-order valence-electron chi connectivity index (χ1n) is 9.68. The van der Waals surface area contributed by atoms with Crippen LogP contribution in [-0.4, -0.2) is 10.9 Å². The molecular weight excluding hydrogens is 356 g/mol. The van der Waals surface area contributed by atoms with Crippen LogP contribution < -0.4 is 5.32 Å². The molecule has 2 atom stereocenters. The summed E-state index contributed by atoms with van der Waals surface area (Å²) in [4.78, 5) is 15.6. The van der Waals surface area contributed by atoms with Crippen LogP contribution in [0.25, 0.3) is 10.9 Å². The lowest BCUT2D eigenvalue weighted by atomic mass is 10.0. The molecule has 1 aromatic heterocycles. The quantitative estimate of drug-likeness (QED) is 0.604. The molecule has 0 unspecified atom stereocenters. The molecule has 2 aromatic carbocycles. The molecule has 2 aliphatic carbocycles. The number of hydrogen-bond donors (Lipinski definition) is 2. The summed E-state index contributed by atoms with van der Waals surface area (Å²) < 4.78 is 0. The Balaban J connectivity index is 1.35. The second-order valence-corrected chi connectivity index (χ2v) is 8.77. The van der Waals surface area contributed by atoms with Gasteiger partial charge in [-0.1, -0.05) is 48.9 Å². The molecule has 0 aliphatic heterocycles. The largest absolute Gasteiger partial charge is 0.357 e. The molecule has 2 N–H and O–H groups in total. The number of benzene rings is 2. The van der Waals surface area contributed by atoms with Crippen molar-refractivity contribution in [2.75, 3.05) is 0 Å². The number of halogens is 1. The molecule has 2 fully saturated rings. The smallest absolute Gasteiger partial charge is 0.226 e. The highest BCUT2D eigenvalue weighted by Crippen LogP contribution is 2.56. The van der Waals surface area contributed by atoms with Gasteiger partial charge in [-0.15, -0.1) is 0 Å². The van der Waals surface area contributed by atoms with Gasteiger partial charge in [0.15, 0.2) is 0 Å². The standard InChI is InChI=1S/C23H23ClN2O/c1-23(7-8-23)22(27)25-13-16-9-15-10-20(24)19(12-21(15)26-16)18-11-17(18)14-5-3-2-4-6-14/h2-6,9-10,12,17-18,26H,7-8,11,13H2,1H3,(H,25,27)/t17-,18+/m0/s1. The molecule has 27 heavy (non-hydrogen) atoms. The van der Waals surface area contributed by atoms with Crippen molar-refractivity contribution in [1.82, 2.24) is 10.3 Å². The van der Waals surface area contributed by atoms with Gasteiger partial charge in [0.25, 0.3) is 0 Å². The van der Waals surface area contributed by atoms with Crippen LogP contribution in [0.2, 0.25) is 5.02 Å². The molecule has 0 bridgehead atoms. The average Bonchev–Trinajstić information content (AvgIpc) is 3.58. The van der Waals surface area contributed by atoms with E-state index in [-0.39, 0.29) is 11.3 Å². The van der Waals surface area contributed by atoms with Crippen LogP contribution in [0.1, 0.15) is 54.8 Å². The Hall–Kier alpha value is -2.26. The molecule has 138 valence electrons. The van der Waals surface area contributed by atoms with Crippen LogP contribution >= 0.6 is 11.6 Å². The second-order valence-electron chi connectivity index (χ2n) is 8.36. The van der Waals surface area contributed by atoms with Crippen molar-refractivity contribution >= 4 is 28.4 Å². The lowest BCUT2D eigenvalue weighted by molar-refractivity contribution is -0.125. The number of hydrogen-bond acceptors (Lipinski definition) is 1. The van der Waals surface area contributed by atoms with E-state index in [0.29, 0.717) is 18.4 Å². The van der Waals surface area contributed by atoms with Crippen molar-refractivity contribution in [3.05, 3.63) is 70.4 Å². The number of carbonyl (C=O) groups is 1. The van der Waals surface area contributed by atoms with E-state index in [4.69, 9.17) is 11.6 Å². The highest BCUT2D eigenvalue weighted by atomic mass is 35.5. The third-order valence-electron chi connectivity index (χ3n) is 6.20. The van der Waals surface area contributed by atoms with Crippen LogP contribution in [0.3, 0.4) is 0 Å². The first-order chi connectivity index (χ1) is 13.0. The highest BCUT2D eigenvalue weighted by molar-refractivity contribution is 6.32. The van der Waals surface area contributed by atoms with Gasteiger partial charge in [0.2, 0.25) is 5.91 Å². The van der Waals surface area contributed by atoms with Crippen molar-refractivity contribution in [2.45, 2.75) is 44.6 Å². The minimum atomic E-state index is -0.138. The maximum Gasteiger partial charge on any atom is 0.226 e. The number of fused-ring (bicyclic) bond motifs is 1. The monoisotopic (exact) mass is 378 g/mol. The second kappa shape index (κ2) is 6.13. The van der Waals surface area contributed by atoms with E-state index >= 15 is 0 Å². The van der Waals surface area contributed by atoms with Gasteiger partial charge in [-0.2, -0.15) is 0 Å². The molecule has 0 saturated heterocycles. The van der Waals surface area contributed by atoms with E-state index in [2.05, 4.69) is 58.8 Å².